The summed E-state index contributed by atoms with van der Waals surface area (Å²) in [6, 6.07) is 11.0. The lowest BCUT2D eigenvalue weighted by molar-refractivity contribution is -0.144. The van der Waals surface area contributed by atoms with Crippen molar-refractivity contribution in [3.8, 4) is 0 Å². The number of likely N-dealkylation sites (tertiary alicyclic amines) is 1. The van der Waals surface area contributed by atoms with E-state index in [2.05, 4.69) is 24.1 Å². The van der Waals surface area contributed by atoms with Crippen LogP contribution in [-0.2, 0) is 25.5 Å². The summed E-state index contributed by atoms with van der Waals surface area (Å²) in [6.07, 6.45) is 3.70. The second-order valence-electron chi connectivity index (χ2n) is 13.1. The quantitative estimate of drug-likeness (QED) is 0.254. The van der Waals surface area contributed by atoms with Crippen LogP contribution in [0, 0.1) is 5.92 Å². The molecule has 0 radical (unpaired) electrons. The van der Waals surface area contributed by atoms with Crippen LogP contribution in [0.4, 0.5) is 5.69 Å². The van der Waals surface area contributed by atoms with E-state index in [-0.39, 0.29) is 54.5 Å². The van der Waals surface area contributed by atoms with Gasteiger partial charge in [-0.3, -0.25) is 19.3 Å². The molecule has 0 unspecified atom stereocenters. The molecule has 47 heavy (non-hydrogen) atoms. The van der Waals surface area contributed by atoms with E-state index in [1.807, 2.05) is 34.5 Å². The van der Waals surface area contributed by atoms with E-state index >= 15 is 0 Å². The second-order valence-corrected chi connectivity index (χ2v) is 14.9. The smallest absolute Gasteiger partial charge is 0.306 e. The molecule has 12 heteroatoms. The summed E-state index contributed by atoms with van der Waals surface area (Å²) < 4.78 is 13.3. The Balaban J connectivity index is 1.14. The Morgan fingerprint density at radius 3 is 2.47 bits per heavy atom. The van der Waals surface area contributed by atoms with Gasteiger partial charge < -0.3 is 24.8 Å². The lowest BCUT2D eigenvalue weighted by Gasteiger charge is -2.38. The predicted octanol–water partition coefficient (Wildman–Crippen LogP) is 6.74. The van der Waals surface area contributed by atoms with Gasteiger partial charge in [-0.15, -0.1) is 11.3 Å². The molecule has 3 aromatic rings. The molecule has 3 heterocycles. The highest BCUT2D eigenvalue weighted by molar-refractivity contribution is 7.17. The van der Waals surface area contributed by atoms with Gasteiger partial charge in [0.05, 0.1) is 59.6 Å². The van der Waals surface area contributed by atoms with Crippen LogP contribution < -0.4 is 5.32 Å². The topological polar surface area (TPSA) is 108 Å². The Hall–Kier alpha value is -2.73. The molecule has 2 aromatic carbocycles. The Kier molecular flexibility index (Phi) is 10.8. The number of halogens is 2. The van der Waals surface area contributed by atoms with Crippen LogP contribution in [0.2, 0.25) is 10.0 Å². The number of carbonyl (C=O) groups is 3. The first kappa shape index (κ1) is 34.1. The highest BCUT2D eigenvalue weighted by atomic mass is 35.5. The zero-order valence-electron chi connectivity index (χ0n) is 26.6. The van der Waals surface area contributed by atoms with Gasteiger partial charge in [0.25, 0.3) is 5.91 Å². The van der Waals surface area contributed by atoms with Crippen molar-refractivity contribution in [2.24, 2.45) is 5.92 Å². The van der Waals surface area contributed by atoms with E-state index in [0.717, 1.165) is 29.6 Å². The lowest BCUT2D eigenvalue weighted by atomic mass is 9.87. The lowest BCUT2D eigenvalue weighted by Crippen LogP contribution is -2.51. The van der Waals surface area contributed by atoms with Gasteiger partial charge in [-0.1, -0.05) is 41.4 Å². The maximum Gasteiger partial charge on any atom is 0.306 e. The van der Waals surface area contributed by atoms with E-state index in [0.29, 0.717) is 65.7 Å². The predicted molar refractivity (Wildman–Crippen MR) is 185 cm³/mol. The maximum atomic E-state index is 13.9. The van der Waals surface area contributed by atoms with Gasteiger partial charge in [0.15, 0.2) is 0 Å². The van der Waals surface area contributed by atoms with Crippen molar-refractivity contribution in [3.63, 3.8) is 0 Å². The monoisotopic (exact) mass is 701 g/mol. The number of hydrogen-bond acceptors (Lipinski definition) is 7. The van der Waals surface area contributed by atoms with Gasteiger partial charge in [-0.25, -0.2) is 0 Å². The molecular weight excluding hydrogens is 661 g/mol. The van der Waals surface area contributed by atoms with Gasteiger partial charge in [-0.2, -0.15) is 0 Å². The molecule has 0 spiro atoms. The maximum absolute atomic E-state index is 13.9. The molecule has 2 saturated heterocycles. The third kappa shape index (κ3) is 7.95. The number of nitrogens with one attached hydrogen (secondary N) is 1. The fourth-order valence-corrected chi connectivity index (χ4v) is 8.69. The summed E-state index contributed by atoms with van der Waals surface area (Å²) in [5, 5.41) is 15.6. The number of hydrogen-bond donors (Lipinski definition) is 2. The van der Waals surface area contributed by atoms with Crippen molar-refractivity contribution in [2.45, 2.75) is 82.8 Å². The number of carboxylic acids is 1. The standard InChI is InChI=1S/C35H41Cl2N3O6S/c1-20-15-39(16-21(2)46-20)24-13-25(18-45-26-9-7-22(8-10-26)35(43)44)40(17-24)33(41)12-23-11-30(37)31(14-29(23)36)38-34(42)28-19-47-32-6-4-3-5-27(28)32/h3-6,11,14,19-22,24-26H,7-10,12-13,15-18H2,1-2H3,(H,38,42)(H,43,44)/t20-,21+,22?,24-,25-,26?/m0/s1. The number of anilines is 1. The van der Waals surface area contributed by atoms with Gasteiger partial charge in [0.1, 0.15) is 0 Å². The van der Waals surface area contributed by atoms with Crippen molar-refractivity contribution in [1.29, 1.82) is 0 Å². The average Bonchev–Trinajstić information content (AvgIpc) is 3.67. The Labute approximate surface area is 289 Å². The number of amides is 2. The molecule has 2 amide bonds. The summed E-state index contributed by atoms with van der Waals surface area (Å²) in [5.41, 5.74) is 1.53. The first-order valence-electron chi connectivity index (χ1n) is 16.3. The summed E-state index contributed by atoms with van der Waals surface area (Å²) in [4.78, 5) is 42.8. The van der Waals surface area contributed by atoms with Gasteiger partial charge >= 0.3 is 5.97 Å². The summed E-state index contributed by atoms with van der Waals surface area (Å²) in [5.74, 6) is -1.39. The summed E-state index contributed by atoms with van der Waals surface area (Å²) >= 11 is 14.8. The highest BCUT2D eigenvalue weighted by Crippen LogP contribution is 2.34. The van der Waals surface area contributed by atoms with Crippen molar-refractivity contribution in [3.05, 3.63) is 63.0 Å². The molecule has 1 aromatic heterocycles. The molecule has 6 rings (SSSR count). The van der Waals surface area contributed by atoms with Crippen molar-refractivity contribution in [2.75, 3.05) is 31.6 Å². The number of morpholine rings is 1. The molecule has 2 aliphatic heterocycles. The largest absolute Gasteiger partial charge is 0.481 e. The van der Waals surface area contributed by atoms with E-state index in [1.165, 1.54) is 11.3 Å². The number of nitrogens with zero attached hydrogens (tertiary/aromatic N) is 2. The number of carbonyl (C=O) groups excluding carboxylic acids is 2. The minimum atomic E-state index is -0.738. The minimum absolute atomic E-state index is 0.00638. The summed E-state index contributed by atoms with van der Waals surface area (Å²) in [6.45, 7) is 6.74. The SMILES string of the molecule is C[C@@H]1CN([C@H]2C[C@@H](COC3CCC(C(=O)O)CC3)N(C(=O)Cc3cc(Cl)c(NC(=O)c4csc5ccccc45)cc3Cl)C2)C[C@H](C)O1. The molecule has 3 fully saturated rings. The van der Waals surface area contributed by atoms with Crippen LogP contribution >= 0.6 is 34.5 Å². The number of benzene rings is 2. The van der Waals surface area contributed by atoms with Gasteiger partial charge in [0.2, 0.25) is 5.91 Å². The van der Waals surface area contributed by atoms with Crippen molar-refractivity contribution >= 4 is 68.1 Å². The van der Waals surface area contributed by atoms with Gasteiger partial charge in [-0.05, 0) is 69.7 Å². The normalized spacial score (nSPS) is 26.9. The van der Waals surface area contributed by atoms with Crippen LogP contribution in [-0.4, -0.2) is 89.3 Å². The van der Waals surface area contributed by atoms with E-state index < -0.39 is 5.97 Å². The minimum Gasteiger partial charge on any atom is -0.481 e. The number of fused-ring (bicyclic) bond motifs is 1. The molecule has 9 nitrogen and oxygen atoms in total. The fraction of sp³-hybridized carbons (Fsp3) is 0.514. The first-order chi connectivity index (χ1) is 22.5. The Bertz CT molecular complexity index is 1620. The van der Waals surface area contributed by atoms with Crippen molar-refractivity contribution < 1.29 is 29.0 Å². The Morgan fingerprint density at radius 1 is 1.02 bits per heavy atom. The number of aliphatic carboxylic acids is 1. The molecule has 1 saturated carbocycles. The first-order valence-corrected chi connectivity index (χ1v) is 18.0. The van der Waals surface area contributed by atoms with Crippen LogP contribution in [0.25, 0.3) is 10.1 Å². The van der Waals surface area contributed by atoms with E-state index in [9.17, 15) is 19.5 Å². The molecule has 4 atom stereocenters. The zero-order chi connectivity index (χ0) is 33.2. The zero-order valence-corrected chi connectivity index (χ0v) is 29.0. The summed E-state index contributed by atoms with van der Waals surface area (Å²) in [7, 11) is 0. The molecule has 0 bridgehead atoms. The molecule has 1 aliphatic carbocycles. The third-order valence-electron chi connectivity index (χ3n) is 9.68. The van der Waals surface area contributed by atoms with Crippen LogP contribution in [0.15, 0.2) is 41.8 Å². The second kappa shape index (κ2) is 14.8. The van der Waals surface area contributed by atoms with Gasteiger partial charge in [0, 0.05) is 46.2 Å². The van der Waals surface area contributed by atoms with Crippen LogP contribution in [0.5, 0.6) is 0 Å². The molecule has 2 N–H and O–H groups in total. The number of rotatable bonds is 9. The number of ether oxygens (including phenoxy) is 2. The fourth-order valence-electron chi connectivity index (χ4n) is 7.29. The molecular formula is C35H41Cl2N3O6S. The van der Waals surface area contributed by atoms with Crippen LogP contribution in [0.3, 0.4) is 0 Å². The van der Waals surface area contributed by atoms with E-state index in [1.54, 1.807) is 12.1 Å². The third-order valence-corrected chi connectivity index (χ3v) is 11.3. The molecule has 252 valence electrons. The van der Waals surface area contributed by atoms with E-state index in [4.69, 9.17) is 32.7 Å². The highest BCUT2D eigenvalue weighted by Gasteiger charge is 2.40. The number of carboxylic acid groups (broad SMARTS) is 1. The average molecular weight is 703 g/mol. The number of thiophene rings is 1. The molecule has 3 aliphatic rings. The van der Waals surface area contributed by atoms with Crippen molar-refractivity contribution in [1.82, 2.24) is 9.80 Å². The Morgan fingerprint density at radius 2 is 1.74 bits per heavy atom. The van der Waals surface area contributed by atoms with Crippen LogP contribution in [0.1, 0.15) is 61.9 Å².